The maximum atomic E-state index is 14.2. The van der Waals surface area contributed by atoms with Gasteiger partial charge >= 0.3 is 6.18 Å². The fraction of sp³-hybridized carbons (Fsp3) is 0.600. The van der Waals surface area contributed by atoms with Crippen LogP contribution in [0.2, 0.25) is 0 Å². The van der Waals surface area contributed by atoms with Gasteiger partial charge in [-0.2, -0.15) is 13.2 Å². The van der Waals surface area contributed by atoms with E-state index < -0.39 is 36.0 Å². The van der Waals surface area contributed by atoms with E-state index in [0.29, 0.717) is 39.1 Å². The van der Waals surface area contributed by atoms with Crippen molar-refractivity contribution in [2.24, 2.45) is 0 Å². The Hall–Kier alpha value is -1.61. The van der Waals surface area contributed by atoms with Gasteiger partial charge < -0.3 is 19.1 Å². The first-order valence-corrected chi connectivity index (χ1v) is 7.49. The highest BCUT2D eigenvalue weighted by Gasteiger charge is 2.40. The van der Waals surface area contributed by atoms with Crippen molar-refractivity contribution < 1.29 is 36.2 Å². The van der Waals surface area contributed by atoms with Gasteiger partial charge in [-0.15, -0.1) is 0 Å². The molecule has 2 saturated heterocycles. The van der Waals surface area contributed by atoms with Gasteiger partial charge in [0, 0.05) is 38.1 Å². The van der Waals surface area contributed by atoms with Gasteiger partial charge in [-0.3, -0.25) is 0 Å². The van der Waals surface area contributed by atoms with Crippen molar-refractivity contribution in [2.75, 3.05) is 37.8 Å². The Bertz CT molecular complexity index is 568. The summed E-state index contributed by atoms with van der Waals surface area (Å²) in [6.45, 7) is 0.0151. The number of nitrogens with zero attached hydrogens (tertiary/aromatic N) is 1. The summed E-state index contributed by atoms with van der Waals surface area (Å²) in [5, 5.41) is 0. The van der Waals surface area contributed by atoms with Crippen LogP contribution in [-0.2, 0) is 9.47 Å². The van der Waals surface area contributed by atoms with Crippen LogP contribution in [0.15, 0.2) is 12.1 Å². The minimum absolute atomic E-state index is 0.276. The van der Waals surface area contributed by atoms with E-state index in [2.05, 4.69) is 4.74 Å². The third kappa shape index (κ3) is 3.72. The molecule has 134 valence electrons. The summed E-state index contributed by atoms with van der Waals surface area (Å²) in [7, 11) is 0. The smallest absolute Gasteiger partial charge is 0.422 e. The van der Waals surface area contributed by atoms with E-state index in [1.54, 1.807) is 0 Å². The molecule has 0 N–H and O–H groups in total. The molecule has 0 bridgehead atoms. The quantitative estimate of drug-likeness (QED) is 0.781. The van der Waals surface area contributed by atoms with Crippen LogP contribution in [0.5, 0.6) is 5.75 Å². The first-order valence-electron chi connectivity index (χ1n) is 7.49. The van der Waals surface area contributed by atoms with E-state index in [1.165, 1.54) is 4.90 Å². The molecule has 24 heavy (non-hydrogen) atoms. The highest BCUT2D eigenvalue weighted by Crippen LogP contribution is 2.36. The van der Waals surface area contributed by atoms with E-state index in [-0.39, 0.29) is 5.69 Å². The lowest BCUT2D eigenvalue weighted by Crippen LogP contribution is -2.45. The maximum absolute atomic E-state index is 14.2. The van der Waals surface area contributed by atoms with Crippen molar-refractivity contribution in [3.05, 3.63) is 23.8 Å². The van der Waals surface area contributed by atoms with E-state index in [0.717, 1.165) is 12.1 Å². The Balaban J connectivity index is 1.70. The molecule has 0 amide bonds. The molecule has 1 aromatic rings. The SMILES string of the molecule is Fc1cc(OCC(F)(F)F)cc(F)c1N1CCC2(CC1)OCCO2. The van der Waals surface area contributed by atoms with Crippen molar-refractivity contribution in [3.8, 4) is 5.75 Å². The molecule has 0 saturated carbocycles. The molecule has 0 aromatic heterocycles. The second-order valence-electron chi connectivity index (χ2n) is 5.73. The number of benzene rings is 1. The van der Waals surface area contributed by atoms with E-state index in [1.807, 2.05) is 0 Å². The molecule has 4 nitrogen and oxygen atoms in total. The minimum Gasteiger partial charge on any atom is -0.484 e. The van der Waals surface area contributed by atoms with Crippen molar-refractivity contribution in [3.63, 3.8) is 0 Å². The molecule has 1 spiro atoms. The Kier molecular flexibility index (Phi) is 4.56. The number of ether oxygens (including phenoxy) is 3. The summed E-state index contributed by atoms with van der Waals surface area (Å²) in [5.74, 6) is -3.10. The number of halogens is 5. The fourth-order valence-corrected chi connectivity index (χ4v) is 2.95. The Morgan fingerprint density at radius 3 is 2.08 bits per heavy atom. The van der Waals surface area contributed by atoms with Crippen molar-refractivity contribution in [1.29, 1.82) is 0 Å². The monoisotopic (exact) mass is 353 g/mol. The van der Waals surface area contributed by atoms with Crippen molar-refractivity contribution in [1.82, 2.24) is 0 Å². The Labute approximate surface area is 135 Å². The lowest BCUT2D eigenvalue weighted by atomic mass is 10.0. The molecule has 0 atom stereocenters. The zero-order chi connectivity index (χ0) is 17.4. The molecule has 9 heteroatoms. The molecule has 2 aliphatic heterocycles. The number of alkyl halides is 3. The lowest BCUT2D eigenvalue weighted by molar-refractivity contribution is -0.169. The summed E-state index contributed by atoms with van der Waals surface area (Å²) < 4.78 is 80.2. The van der Waals surface area contributed by atoms with Crippen molar-refractivity contribution >= 4 is 5.69 Å². The van der Waals surface area contributed by atoms with Crippen LogP contribution in [-0.4, -0.2) is 44.9 Å². The Morgan fingerprint density at radius 1 is 1.04 bits per heavy atom. The molecule has 1 aromatic carbocycles. The molecule has 0 radical (unpaired) electrons. The molecule has 0 unspecified atom stereocenters. The topological polar surface area (TPSA) is 30.9 Å². The van der Waals surface area contributed by atoms with Gasteiger partial charge in [0.05, 0.1) is 13.2 Å². The average Bonchev–Trinajstić information content (AvgIpc) is 2.94. The molecule has 2 aliphatic rings. The van der Waals surface area contributed by atoms with Gasteiger partial charge in [0.15, 0.2) is 24.0 Å². The summed E-state index contributed by atoms with van der Waals surface area (Å²) in [5.41, 5.74) is -0.276. The zero-order valence-corrected chi connectivity index (χ0v) is 12.7. The summed E-state index contributed by atoms with van der Waals surface area (Å²) in [4.78, 5) is 1.49. The minimum atomic E-state index is -4.58. The second-order valence-corrected chi connectivity index (χ2v) is 5.73. The van der Waals surface area contributed by atoms with Gasteiger partial charge in [-0.1, -0.05) is 0 Å². The van der Waals surface area contributed by atoms with Crippen LogP contribution >= 0.6 is 0 Å². The number of hydrogen-bond donors (Lipinski definition) is 0. The standard InChI is InChI=1S/C15H16F5NO3/c16-11-7-10(22-9-15(18,19)20)8-12(17)13(11)21-3-1-14(2-4-21)23-5-6-24-14/h7-8H,1-6,9H2. The second kappa shape index (κ2) is 6.36. The van der Waals surface area contributed by atoms with Crippen LogP contribution < -0.4 is 9.64 Å². The first kappa shape index (κ1) is 17.2. The molecule has 2 fully saturated rings. The lowest BCUT2D eigenvalue weighted by Gasteiger charge is -2.38. The molecule has 3 rings (SSSR count). The molecule has 2 heterocycles. The van der Waals surface area contributed by atoms with E-state index in [9.17, 15) is 22.0 Å². The highest BCUT2D eigenvalue weighted by molar-refractivity contribution is 5.52. The van der Waals surface area contributed by atoms with Crippen LogP contribution in [0.4, 0.5) is 27.6 Å². The molecular weight excluding hydrogens is 337 g/mol. The van der Waals surface area contributed by atoms with Gasteiger partial charge in [-0.05, 0) is 0 Å². The van der Waals surface area contributed by atoms with Crippen LogP contribution in [0.25, 0.3) is 0 Å². The van der Waals surface area contributed by atoms with Gasteiger partial charge in [0.1, 0.15) is 11.4 Å². The van der Waals surface area contributed by atoms with Crippen molar-refractivity contribution in [2.45, 2.75) is 24.8 Å². The predicted molar refractivity (Wildman–Crippen MR) is 74.0 cm³/mol. The number of rotatable bonds is 3. The van der Waals surface area contributed by atoms with E-state index in [4.69, 9.17) is 9.47 Å². The summed E-state index contributed by atoms with van der Waals surface area (Å²) >= 11 is 0. The van der Waals surface area contributed by atoms with Crippen LogP contribution in [0, 0.1) is 11.6 Å². The van der Waals surface area contributed by atoms with E-state index >= 15 is 0 Å². The normalized spacial score (nSPS) is 20.6. The van der Waals surface area contributed by atoms with Gasteiger partial charge in [-0.25, -0.2) is 8.78 Å². The fourth-order valence-electron chi connectivity index (χ4n) is 2.95. The zero-order valence-electron chi connectivity index (χ0n) is 12.7. The number of piperidine rings is 1. The third-order valence-corrected chi connectivity index (χ3v) is 4.05. The Morgan fingerprint density at radius 2 is 1.58 bits per heavy atom. The van der Waals surface area contributed by atoms with Crippen LogP contribution in [0.1, 0.15) is 12.8 Å². The average molecular weight is 353 g/mol. The molecular formula is C15H16F5NO3. The number of hydrogen-bond acceptors (Lipinski definition) is 4. The van der Waals surface area contributed by atoms with Crippen LogP contribution in [0.3, 0.4) is 0 Å². The maximum Gasteiger partial charge on any atom is 0.422 e. The predicted octanol–water partition coefficient (Wildman–Crippen LogP) is 3.25. The summed E-state index contributed by atoms with van der Waals surface area (Å²) in [6.07, 6.45) is -3.66. The third-order valence-electron chi connectivity index (χ3n) is 4.05. The first-order chi connectivity index (χ1) is 11.3. The molecule has 0 aliphatic carbocycles. The highest BCUT2D eigenvalue weighted by atomic mass is 19.4. The van der Waals surface area contributed by atoms with Gasteiger partial charge in [0.2, 0.25) is 0 Å². The largest absolute Gasteiger partial charge is 0.484 e. The summed E-state index contributed by atoms with van der Waals surface area (Å²) in [6, 6.07) is 1.52. The van der Waals surface area contributed by atoms with Gasteiger partial charge in [0.25, 0.3) is 0 Å². The number of anilines is 1.